The van der Waals surface area contributed by atoms with Gasteiger partial charge in [0.2, 0.25) is 5.91 Å². The summed E-state index contributed by atoms with van der Waals surface area (Å²) < 4.78 is 4.91. The van der Waals surface area contributed by atoms with Gasteiger partial charge in [0.25, 0.3) is 0 Å². The topological polar surface area (TPSA) is 114 Å². The van der Waals surface area contributed by atoms with E-state index in [1.807, 2.05) is 29.7 Å². The number of rotatable bonds is 9. The molecule has 0 bridgehead atoms. The van der Waals surface area contributed by atoms with Crippen LogP contribution in [0.4, 0.5) is 4.79 Å². The highest BCUT2D eigenvalue weighted by Gasteiger charge is 2.20. The number of ether oxygens (including phenoxy) is 1. The Balaban J connectivity index is 1.69. The summed E-state index contributed by atoms with van der Waals surface area (Å²) in [4.78, 5) is 39.3. The second-order valence-electron chi connectivity index (χ2n) is 5.60. The SMILES string of the molecule is O=C(CONC(=O)OCc1ccccc1)N[C@@H](Cc1ccccc1)C(=O)O. The Morgan fingerprint density at radius 1 is 0.926 bits per heavy atom. The third-order valence-electron chi connectivity index (χ3n) is 3.49. The molecule has 0 aliphatic carbocycles. The van der Waals surface area contributed by atoms with Crippen molar-refractivity contribution in [2.24, 2.45) is 0 Å². The zero-order valence-corrected chi connectivity index (χ0v) is 14.5. The number of hydroxylamine groups is 1. The van der Waals surface area contributed by atoms with Crippen LogP contribution in [0.1, 0.15) is 11.1 Å². The molecule has 0 saturated heterocycles. The molecular formula is C19H20N2O6. The molecule has 3 N–H and O–H groups in total. The summed E-state index contributed by atoms with van der Waals surface area (Å²) in [5.41, 5.74) is 3.54. The summed E-state index contributed by atoms with van der Waals surface area (Å²) in [6, 6.07) is 16.9. The maximum absolute atomic E-state index is 11.8. The van der Waals surface area contributed by atoms with E-state index in [1.54, 1.807) is 36.4 Å². The van der Waals surface area contributed by atoms with Gasteiger partial charge in [-0.05, 0) is 11.1 Å². The molecule has 0 radical (unpaired) electrons. The van der Waals surface area contributed by atoms with Crippen molar-refractivity contribution in [3.05, 3.63) is 71.8 Å². The van der Waals surface area contributed by atoms with Gasteiger partial charge in [0, 0.05) is 6.42 Å². The number of aliphatic carboxylic acids is 1. The van der Waals surface area contributed by atoms with E-state index in [4.69, 9.17) is 9.57 Å². The van der Waals surface area contributed by atoms with Crippen molar-refractivity contribution in [2.45, 2.75) is 19.1 Å². The van der Waals surface area contributed by atoms with E-state index in [0.29, 0.717) is 0 Å². The minimum atomic E-state index is -1.16. The smallest absolute Gasteiger partial charge is 0.431 e. The van der Waals surface area contributed by atoms with E-state index in [9.17, 15) is 19.5 Å². The Bertz CT molecular complexity index is 751. The zero-order chi connectivity index (χ0) is 19.5. The molecule has 0 unspecified atom stereocenters. The third kappa shape index (κ3) is 7.57. The predicted octanol–water partition coefficient (Wildman–Crippen LogP) is 1.66. The number of carbonyl (C=O) groups is 3. The summed E-state index contributed by atoms with van der Waals surface area (Å²) in [7, 11) is 0. The molecule has 0 aliphatic heterocycles. The van der Waals surface area contributed by atoms with Gasteiger partial charge in [-0.2, -0.15) is 5.48 Å². The number of carbonyl (C=O) groups excluding carboxylic acids is 2. The van der Waals surface area contributed by atoms with Crippen LogP contribution in [-0.4, -0.2) is 35.7 Å². The number of carboxylic acid groups (broad SMARTS) is 1. The van der Waals surface area contributed by atoms with Gasteiger partial charge in [0.05, 0.1) is 0 Å². The molecule has 0 aromatic heterocycles. The van der Waals surface area contributed by atoms with E-state index in [-0.39, 0.29) is 13.0 Å². The lowest BCUT2D eigenvalue weighted by Crippen LogP contribution is -2.44. The molecule has 2 rings (SSSR count). The molecule has 1 atom stereocenters. The normalized spacial score (nSPS) is 11.3. The average Bonchev–Trinajstić information content (AvgIpc) is 2.67. The molecule has 0 fully saturated rings. The molecule has 0 aliphatic rings. The first kappa shape index (κ1) is 19.9. The van der Waals surface area contributed by atoms with Crippen LogP contribution in [0, 0.1) is 0 Å². The zero-order valence-electron chi connectivity index (χ0n) is 14.5. The Kier molecular flexibility index (Phi) is 7.80. The number of nitrogens with one attached hydrogen (secondary N) is 2. The monoisotopic (exact) mass is 372 g/mol. The van der Waals surface area contributed by atoms with Gasteiger partial charge in [-0.25, -0.2) is 9.59 Å². The van der Waals surface area contributed by atoms with E-state index in [1.165, 1.54) is 0 Å². The van der Waals surface area contributed by atoms with Crippen LogP contribution < -0.4 is 10.8 Å². The van der Waals surface area contributed by atoms with Gasteiger partial charge in [-0.1, -0.05) is 60.7 Å². The summed E-state index contributed by atoms with van der Waals surface area (Å²) in [5, 5.41) is 11.6. The van der Waals surface area contributed by atoms with Gasteiger partial charge >= 0.3 is 12.1 Å². The van der Waals surface area contributed by atoms with Gasteiger partial charge in [-0.3, -0.25) is 9.63 Å². The number of amides is 2. The predicted molar refractivity (Wildman–Crippen MR) is 95.4 cm³/mol. The van der Waals surface area contributed by atoms with Crippen molar-refractivity contribution in [3.8, 4) is 0 Å². The summed E-state index contributed by atoms with van der Waals surface area (Å²) in [6.45, 7) is -0.487. The molecule has 2 aromatic rings. The van der Waals surface area contributed by atoms with Crippen LogP contribution in [0.15, 0.2) is 60.7 Å². The van der Waals surface area contributed by atoms with Crippen molar-refractivity contribution in [1.82, 2.24) is 10.8 Å². The molecule has 8 nitrogen and oxygen atoms in total. The lowest BCUT2D eigenvalue weighted by atomic mass is 10.1. The van der Waals surface area contributed by atoms with Gasteiger partial charge in [0.1, 0.15) is 12.6 Å². The lowest BCUT2D eigenvalue weighted by Gasteiger charge is -2.14. The first-order valence-electron chi connectivity index (χ1n) is 8.19. The van der Waals surface area contributed by atoms with Crippen molar-refractivity contribution in [3.63, 3.8) is 0 Å². The number of benzene rings is 2. The first-order chi connectivity index (χ1) is 13.0. The second kappa shape index (κ2) is 10.6. The van der Waals surface area contributed by atoms with Crippen LogP contribution >= 0.6 is 0 Å². The Labute approximate surface area is 156 Å². The van der Waals surface area contributed by atoms with E-state index in [0.717, 1.165) is 11.1 Å². The fourth-order valence-corrected chi connectivity index (χ4v) is 2.20. The van der Waals surface area contributed by atoms with Crippen LogP contribution in [0.25, 0.3) is 0 Å². The van der Waals surface area contributed by atoms with Crippen LogP contribution in [-0.2, 0) is 32.2 Å². The minimum absolute atomic E-state index is 0.0559. The average molecular weight is 372 g/mol. The van der Waals surface area contributed by atoms with Crippen LogP contribution in [0.2, 0.25) is 0 Å². The van der Waals surface area contributed by atoms with E-state index in [2.05, 4.69) is 5.32 Å². The van der Waals surface area contributed by atoms with E-state index < -0.39 is 30.6 Å². The minimum Gasteiger partial charge on any atom is -0.480 e. The molecule has 2 aromatic carbocycles. The van der Waals surface area contributed by atoms with Crippen molar-refractivity contribution in [1.29, 1.82) is 0 Å². The van der Waals surface area contributed by atoms with Crippen LogP contribution in [0.5, 0.6) is 0 Å². The van der Waals surface area contributed by atoms with Gasteiger partial charge in [-0.15, -0.1) is 0 Å². The largest absolute Gasteiger partial charge is 0.480 e. The summed E-state index contributed by atoms with van der Waals surface area (Å²) in [5.74, 6) is -1.84. The maximum atomic E-state index is 11.8. The first-order valence-corrected chi connectivity index (χ1v) is 8.19. The highest BCUT2D eigenvalue weighted by Crippen LogP contribution is 2.03. The molecule has 0 heterocycles. The molecule has 8 heteroatoms. The molecule has 0 spiro atoms. The molecule has 2 amide bonds. The Morgan fingerprint density at radius 3 is 2.11 bits per heavy atom. The maximum Gasteiger partial charge on any atom is 0.431 e. The number of hydrogen-bond donors (Lipinski definition) is 3. The van der Waals surface area contributed by atoms with Crippen LogP contribution in [0.3, 0.4) is 0 Å². The lowest BCUT2D eigenvalue weighted by molar-refractivity contribution is -0.143. The third-order valence-corrected chi connectivity index (χ3v) is 3.49. The number of carboxylic acids is 1. The van der Waals surface area contributed by atoms with Crippen molar-refractivity contribution >= 4 is 18.0 Å². The molecule has 27 heavy (non-hydrogen) atoms. The Morgan fingerprint density at radius 2 is 1.52 bits per heavy atom. The summed E-state index contributed by atoms with van der Waals surface area (Å²) in [6.07, 6.45) is -0.722. The molecular weight excluding hydrogens is 352 g/mol. The summed E-state index contributed by atoms with van der Waals surface area (Å²) >= 11 is 0. The molecule has 0 saturated carbocycles. The second-order valence-corrected chi connectivity index (χ2v) is 5.60. The van der Waals surface area contributed by atoms with Gasteiger partial charge in [0.15, 0.2) is 6.61 Å². The number of hydrogen-bond acceptors (Lipinski definition) is 5. The highest BCUT2D eigenvalue weighted by atomic mass is 16.7. The standard InChI is InChI=1S/C19H20N2O6/c22-17(20-16(18(23)24)11-14-7-3-1-4-8-14)13-27-21-19(25)26-12-15-9-5-2-6-10-15/h1-10,16H,11-13H2,(H,20,22)(H,21,25)(H,23,24)/t16-/m0/s1. The highest BCUT2D eigenvalue weighted by molar-refractivity contribution is 5.84. The quantitative estimate of drug-likeness (QED) is 0.577. The molecule has 142 valence electrons. The Hall–Kier alpha value is -3.39. The van der Waals surface area contributed by atoms with Crippen molar-refractivity contribution < 1.29 is 29.1 Å². The van der Waals surface area contributed by atoms with E-state index >= 15 is 0 Å². The fraction of sp³-hybridized carbons (Fsp3) is 0.211. The van der Waals surface area contributed by atoms with Gasteiger partial charge < -0.3 is 15.2 Å². The van der Waals surface area contributed by atoms with Crippen molar-refractivity contribution in [2.75, 3.05) is 6.61 Å². The fourth-order valence-electron chi connectivity index (χ4n) is 2.20.